The molecule has 1 N–H and O–H groups in total. The van der Waals surface area contributed by atoms with Crippen LogP contribution in [-0.4, -0.2) is 43.9 Å². The molecule has 1 saturated heterocycles. The number of hydrogen-bond acceptors (Lipinski definition) is 6. The van der Waals surface area contributed by atoms with E-state index in [1.807, 2.05) is 0 Å². The highest BCUT2D eigenvalue weighted by Gasteiger charge is 2.25. The molecule has 20 heavy (non-hydrogen) atoms. The zero-order valence-corrected chi connectivity index (χ0v) is 11.8. The first-order valence-electron chi connectivity index (χ1n) is 6.20. The van der Waals surface area contributed by atoms with Gasteiger partial charge in [0.1, 0.15) is 5.69 Å². The SMILES string of the molecule is CS(=O)(=O)c1ccc(N2CCC(O)CC2)c([N+](=O)[O-])c1. The molecule has 1 aromatic rings. The van der Waals surface area contributed by atoms with Gasteiger partial charge in [0.15, 0.2) is 9.84 Å². The van der Waals surface area contributed by atoms with E-state index in [0.29, 0.717) is 31.6 Å². The first-order valence-corrected chi connectivity index (χ1v) is 8.09. The Labute approximate surface area is 116 Å². The van der Waals surface area contributed by atoms with Crippen molar-refractivity contribution < 1.29 is 18.4 Å². The van der Waals surface area contributed by atoms with E-state index < -0.39 is 14.8 Å². The van der Waals surface area contributed by atoms with E-state index in [2.05, 4.69) is 0 Å². The normalized spacial score (nSPS) is 17.2. The van der Waals surface area contributed by atoms with E-state index in [9.17, 15) is 23.6 Å². The van der Waals surface area contributed by atoms with Crippen LogP contribution in [0.3, 0.4) is 0 Å². The predicted octanol–water partition coefficient (Wildman–Crippen LogP) is 0.959. The van der Waals surface area contributed by atoms with Gasteiger partial charge in [-0.3, -0.25) is 10.1 Å². The lowest BCUT2D eigenvalue weighted by Crippen LogP contribution is -2.36. The quantitative estimate of drug-likeness (QED) is 0.659. The van der Waals surface area contributed by atoms with Crippen molar-refractivity contribution in [2.75, 3.05) is 24.2 Å². The largest absolute Gasteiger partial charge is 0.393 e. The van der Waals surface area contributed by atoms with Gasteiger partial charge in [0.2, 0.25) is 0 Å². The molecule has 2 rings (SSSR count). The predicted molar refractivity (Wildman–Crippen MR) is 73.7 cm³/mol. The summed E-state index contributed by atoms with van der Waals surface area (Å²) in [6.45, 7) is 1.03. The number of aliphatic hydroxyl groups excluding tert-OH is 1. The molecule has 0 radical (unpaired) electrons. The summed E-state index contributed by atoms with van der Waals surface area (Å²) in [6, 6.07) is 3.94. The molecule has 1 fully saturated rings. The summed E-state index contributed by atoms with van der Waals surface area (Å²) >= 11 is 0. The van der Waals surface area contributed by atoms with Crippen molar-refractivity contribution in [2.24, 2.45) is 0 Å². The Hall–Kier alpha value is -1.67. The minimum atomic E-state index is -3.48. The number of benzene rings is 1. The Kier molecular flexibility index (Phi) is 3.96. The zero-order chi connectivity index (χ0) is 14.9. The highest BCUT2D eigenvalue weighted by atomic mass is 32.2. The van der Waals surface area contributed by atoms with Crippen LogP contribution >= 0.6 is 0 Å². The molecule has 1 aliphatic heterocycles. The molecule has 1 aromatic carbocycles. The summed E-state index contributed by atoms with van der Waals surface area (Å²) in [4.78, 5) is 12.3. The van der Waals surface area contributed by atoms with Gasteiger partial charge in [0, 0.05) is 25.4 Å². The van der Waals surface area contributed by atoms with Gasteiger partial charge in [-0.05, 0) is 25.0 Å². The van der Waals surface area contributed by atoms with Crippen molar-refractivity contribution in [1.29, 1.82) is 0 Å². The molecule has 0 saturated carbocycles. The van der Waals surface area contributed by atoms with E-state index >= 15 is 0 Å². The summed E-state index contributed by atoms with van der Waals surface area (Å²) < 4.78 is 22.9. The molecular weight excluding hydrogens is 284 g/mol. The van der Waals surface area contributed by atoms with Crippen LogP contribution in [-0.2, 0) is 9.84 Å². The van der Waals surface area contributed by atoms with Crippen LogP contribution in [0.2, 0.25) is 0 Å². The van der Waals surface area contributed by atoms with Crippen molar-refractivity contribution in [1.82, 2.24) is 0 Å². The molecule has 1 heterocycles. The lowest BCUT2D eigenvalue weighted by atomic mass is 10.1. The average molecular weight is 300 g/mol. The molecule has 0 atom stereocenters. The van der Waals surface area contributed by atoms with Crippen molar-refractivity contribution in [3.05, 3.63) is 28.3 Å². The molecule has 110 valence electrons. The Morgan fingerprint density at radius 3 is 2.45 bits per heavy atom. The Morgan fingerprint density at radius 2 is 1.95 bits per heavy atom. The molecule has 0 aromatic heterocycles. The number of sulfone groups is 1. The second-order valence-corrected chi connectivity index (χ2v) is 6.91. The third-order valence-corrected chi connectivity index (χ3v) is 4.49. The Balaban J connectivity index is 2.41. The van der Waals surface area contributed by atoms with Gasteiger partial charge < -0.3 is 10.0 Å². The maximum Gasteiger partial charge on any atom is 0.293 e. The molecule has 7 nitrogen and oxygen atoms in total. The number of anilines is 1. The Morgan fingerprint density at radius 1 is 1.35 bits per heavy atom. The number of nitro benzene ring substituents is 1. The molecule has 8 heteroatoms. The second kappa shape index (κ2) is 5.37. The smallest absolute Gasteiger partial charge is 0.293 e. The topological polar surface area (TPSA) is 101 Å². The lowest BCUT2D eigenvalue weighted by Gasteiger charge is -2.31. The number of nitrogens with zero attached hydrogens (tertiary/aromatic N) is 2. The molecule has 0 aliphatic carbocycles. The van der Waals surface area contributed by atoms with Crippen molar-refractivity contribution in [3.8, 4) is 0 Å². The van der Waals surface area contributed by atoms with Gasteiger partial charge in [0.05, 0.1) is 15.9 Å². The molecule has 0 unspecified atom stereocenters. The first-order chi connectivity index (χ1) is 9.29. The molecule has 0 bridgehead atoms. The maximum absolute atomic E-state index is 11.5. The third kappa shape index (κ3) is 3.07. The first kappa shape index (κ1) is 14.7. The number of piperidine rings is 1. The minimum absolute atomic E-state index is 0.0648. The summed E-state index contributed by atoms with van der Waals surface area (Å²) in [5.74, 6) is 0. The van der Waals surface area contributed by atoms with Gasteiger partial charge in [-0.1, -0.05) is 0 Å². The number of nitro groups is 1. The summed E-state index contributed by atoms with van der Waals surface area (Å²) in [7, 11) is -3.48. The van der Waals surface area contributed by atoms with Gasteiger partial charge in [0.25, 0.3) is 5.69 Å². The fraction of sp³-hybridized carbons (Fsp3) is 0.500. The van der Waals surface area contributed by atoms with Crippen LogP contribution < -0.4 is 4.90 Å². The standard InChI is InChI=1S/C12H16N2O5S/c1-20(18,19)10-2-3-11(12(8-10)14(16)17)13-6-4-9(15)5-7-13/h2-3,8-9,15H,4-7H2,1H3. The number of aliphatic hydroxyl groups is 1. The van der Waals surface area contributed by atoms with Crippen LogP contribution in [0, 0.1) is 10.1 Å². The second-order valence-electron chi connectivity index (χ2n) is 4.90. The van der Waals surface area contributed by atoms with E-state index in [4.69, 9.17) is 0 Å². The molecule has 0 spiro atoms. The lowest BCUT2D eigenvalue weighted by molar-refractivity contribution is -0.384. The van der Waals surface area contributed by atoms with E-state index in [1.165, 1.54) is 12.1 Å². The highest BCUT2D eigenvalue weighted by molar-refractivity contribution is 7.90. The van der Waals surface area contributed by atoms with Crippen LogP contribution in [0.5, 0.6) is 0 Å². The molecule has 1 aliphatic rings. The van der Waals surface area contributed by atoms with E-state index in [0.717, 1.165) is 12.3 Å². The fourth-order valence-electron chi connectivity index (χ4n) is 2.25. The van der Waals surface area contributed by atoms with Crippen LogP contribution in [0.1, 0.15) is 12.8 Å². The fourth-order valence-corrected chi connectivity index (χ4v) is 2.90. The molecular formula is C12H16N2O5S. The van der Waals surface area contributed by atoms with Gasteiger partial charge in [-0.25, -0.2) is 8.42 Å². The summed E-state index contributed by atoms with van der Waals surface area (Å²) in [5, 5.41) is 20.6. The van der Waals surface area contributed by atoms with Crippen LogP contribution in [0.4, 0.5) is 11.4 Å². The average Bonchev–Trinajstić information content (AvgIpc) is 2.38. The Bertz CT molecular complexity index is 621. The summed E-state index contributed by atoms with van der Waals surface area (Å²) in [5.41, 5.74) is 0.179. The van der Waals surface area contributed by atoms with Gasteiger partial charge >= 0.3 is 0 Å². The van der Waals surface area contributed by atoms with Gasteiger partial charge in [-0.2, -0.15) is 0 Å². The van der Waals surface area contributed by atoms with Crippen molar-refractivity contribution in [3.63, 3.8) is 0 Å². The maximum atomic E-state index is 11.5. The monoisotopic (exact) mass is 300 g/mol. The minimum Gasteiger partial charge on any atom is -0.393 e. The third-order valence-electron chi connectivity index (χ3n) is 3.38. The van der Waals surface area contributed by atoms with Crippen LogP contribution in [0.15, 0.2) is 23.1 Å². The highest BCUT2D eigenvalue weighted by Crippen LogP contribution is 2.32. The zero-order valence-electron chi connectivity index (χ0n) is 11.0. The van der Waals surface area contributed by atoms with Gasteiger partial charge in [-0.15, -0.1) is 0 Å². The van der Waals surface area contributed by atoms with Crippen LogP contribution in [0.25, 0.3) is 0 Å². The number of hydrogen-bond donors (Lipinski definition) is 1. The number of rotatable bonds is 3. The molecule has 0 amide bonds. The van der Waals surface area contributed by atoms with Crippen molar-refractivity contribution in [2.45, 2.75) is 23.8 Å². The van der Waals surface area contributed by atoms with E-state index in [-0.39, 0.29) is 16.7 Å². The van der Waals surface area contributed by atoms with E-state index in [1.54, 1.807) is 4.90 Å². The van der Waals surface area contributed by atoms with Crippen molar-refractivity contribution >= 4 is 21.2 Å². The summed E-state index contributed by atoms with van der Waals surface area (Å²) in [6.07, 6.45) is 1.74.